The molecule has 1 fully saturated rings. The van der Waals surface area contributed by atoms with Crippen molar-refractivity contribution in [3.05, 3.63) is 29.3 Å². The van der Waals surface area contributed by atoms with Gasteiger partial charge in [0.15, 0.2) is 0 Å². The van der Waals surface area contributed by atoms with E-state index in [1.807, 2.05) is 12.1 Å². The molecule has 0 spiro atoms. The Hall–Kier alpha value is -1.51. The summed E-state index contributed by atoms with van der Waals surface area (Å²) in [5.74, 6) is -0.980. The highest BCUT2D eigenvalue weighted by Gasteiger charge is 2.28. The summed E-state index contributed by atoms with van der Waals surface area (Å²) < 4.78 is 0. The third-order valence-corrected chi connectivity index (χ3v) is 3.47. The van der Waals surface area contributed by atoms with Crippen LogP contribution >= 0.6 is 0 Å². The maximum atomic E-state index is 11.0. The Kier molecular flexibility index (Phi) is 2.13. The predicted octanol–water partition coefficient (Wildman–Crippen LogP) is 2.38. The first-order valence-electron chi connectivity index (χ1n) is 5.86. The molecule has 0 heterocycles. The van der Waals surface area contributed by atoms with Crippen LogP contribution in [-0.2, 0) is 11.2 Å². The molecule has 2 N–H and O–H groups in total. The molecule has 1 aromatic carbocycles. The molecule has 0 saturated heterocycles. The van der Waals surface area contributed by atoms with Crippen molar-refractivity contribution in [2.45, 2.75) is 37.6 Å². The van der Waals surface area contributed by atoms with Crippen LogP contribution in [0.25, 0.3) is 0 Å². The maximum absolute atomic E-state index is 11.0. The van der Waals surface area contributed by atoms with E-state index in [2.05, 4.69) is 11.4 Å². The second-order valence-corrected chi connectivity index (χ2v) is 4.76. The van der Waals surface area contributed by atoms with Crippen molar-refractivity contribution in [2.24, 2.45) is 0 Å². The van der Waals surface area contributed by atoms with Crippen molar-refractivity contribution in [1.29, 1.82) is 0 Å². The van der Waals surface area contributed by atoms with E-state index in [0.717, 1.165) is 24.1 Å². The minimum Gasteiger partial charge on any atom is -0.481 e. The van der Waals surface area contributed by atoms with Crippen LogP contribution in [0.4, 0.5) is 5.69 Å². The lowest BCUT2D eigenvalue weighted by Crippen LogP contribution is -2.08. The molecule has 1 aromatic rings. The van der Waals surface area contributed by atoms with Crippen molar-refractivity contribution < 1.29 is 9.90 Å². The zero-order chi connectivity index (χ0) is 11.1. The van der Waals surface area contributed by atoms with Crippen LogP contribution in [0.5, 0.6) is 0 Å². The van der Waals surface area contributed by atoms with E-state index in [9.17, 15) is 4.79 Å². The lowest BCUT2D eigenvalue weighted by atomic mass is 10.0. The fourth-order valence-electron chi connectivity index (χ4n) is 2.43. The first-order chi connectivity index (χ1) is 7.74. The van der Waals surface area contributed by atoms with Gasteiger partial charge in [-0.1, -0.05) is 6.07 Å². The third kappa shape index (κ3) is 1.66. The van der Waals surface area contributed by atoms with Gasteiger partial charge in [-0.25, -0.2) is 0 Å². The van der Waals surface area contributed by atoms with E-state index < -0.39 is 5.97 Å². The number of carbonyl (C=O) groups is 1. The largest absolute Gasteiger partial charge is 0.481 e. The fourth-order valence-corrected chi connectivity index (χ4v) is 2.43. The fraction of sp³-hybridized carbons (Fsp3) is 0.462. The van der Waals surface area contributed by atoms with Gasteiger partial charge in [0.2, 0.25) is 0 Å². The summed E-state index contributed by atoms with van der Waals surface area (Å²) in [5, 5.41) is 12.5. The third-order valence-electron chi connectivity index (χ3n) is 3.47. The number of aryl methyl sites for hydroxylation is 1. The summed E-state index contributed by atoms with van der Waals surface area (Å²) in [6.07, 6.45) is 4.16. The van der Waals surface area contributed by atoms with Crippen molar-refractivity contribution in [2.75, 3.05) is 5.32 Å². The minimum absolute atomic E-state index is 0.287. The molecule has 0 aliphatic heterocycles. The molecule has 3 nitrogen and oxygen atoms in total. The number of fused-ring (bicyclic) bond motifs is 1. The number of carboxylic acids is 1. The Bertz CT molecular complexity index is 438. The predicted molar refractivity (Wildman–Crippen MR) is 61.8 cm³/mol. The smallest absolute Gasteiger partial charge is 0.310 e. The van der Waals surface area contributed by atoms with Gasteiger partial charge in [-0.3, -0.25) is 4.79 Å². The van der Waals surface area contributed by atoms with E-state index in [0.29, 0.717) is 6.04 Å². The number of rotatable bonds is 3. The van der Waals surface area contributed by atoms with Crippen LogP contribution in [0, 0.1) is 0 Å². The van der Waals surface area contributed by atoms with E-state index >= 15 is 0 Å². The van der Waals surface area contributed by atoms with Crippen LogP contribution in [0.3, 0.4) is 0 Å². The van der Waals surface area contributed by atoms with Gasteiger partial charge in [0, 0.05) is 11.7 Å². The highest BCUT2D eigenvalue weighted by Crippen LogP contribution is 2.35. The molecule has 1 atom stereocenters. The highest BCUT2D eigenvalue weighted by molar-refractivity contribution is 5.78. The summed E-state index contributed by atoms with van der Waals surface area (Å²) in [6.45, 7) is 0. The standard InChI is InChI=1S/C13H15NO2/c15-13(16)12-5-1-8-7-10(4-6-11(8)12)14-9-2-3-9/h4,6-7,9,12,14H,1-3,5H2,(H,15,16). The normalized spacial score (nSPS) is 22.9. The second-order valence-electron chi connectivity index (χ2n) is 4.76. The number of nitrogens with one attached hydrogen (secondary N) is 1. The number of aliphatic carboxylic acids is 1. The monoisotopic (exact) mass is 217 g/mol. The van der Waals surface area contributed by atoms with Gasteiger partial charge in [0.25, 0.3) is 0 Å². The number of carboxylic acid groups (broad SMARTS) is 1. The molecule has 0 radical (unpaired) electrons. The molecule has 3 rings (SSSR count). The summed E-state index contributed by atoms with van der Waals surface area (Å²) in [6, 6.07) is 6.76. The van der Waals surface area contributed by atoms with Gasteiger partial charge < -0.3 is 10.4 Å². The summed E-state index contributed by atoms with van der Waals surface area (Å²) in [5.41, 5.74) is 3.36. The average Bonchev–Trinajstić information content (AvgIpc) is 2.96. The van der Waals surface area contributed by atoms with E-state index in [1.165, 1.54) is 18.4 Å². The zero-order valence-electron chi connectivity index (χ0n) is 9.07. The van der Waals surface area contributed by atoms with Crippen molar-refractivity contribution in [1.82, 2.24) is 0 Å². The Morgan fingerprint density at radius 3 is 2.81 bits per heavy atom. The molecule has 16 heavy (non-hydrogen) atoms. The molecule has 84 valence electrons. The van der Waals surface area contributed by atoms with Crippen molar-refractivity contribution in [3.8, 4) is 0 Å². The topological polar surface area (TPSA) is 49.3 Å². The maximum Gasteiger partial charge on any atom is 0.310 e. The average molecular weight is 217 g/mol. The molecule has 3 heteroatoms. The Balaban J connectivity index is 1.86. The van der Waals surface area contributed by atoms with Gasteiger partial charge in [0.05, 0.1) is 5.92 Å². The van der Waals surface area contributed by atoms with Crippen LogP contribution in [0.2, 0.25) is 0 Å². The quantitative estimate of drug-likeness (QED) is 0.817. The second kappa shape index (κ2) is 3.51. The Labute approximate surface area is 94.5 Å². The van der Waals surface area contributed by atoms with E-state index in [4.69, 9.17) is 5.11 Å². The van der Waals surface area contributed by atoms with Gasteiger partial charge in [-0.05, 0) is 48.9 Å². The van der Waals surface area contributed by atoms with Crippen molar-refractivity contribution >= 4 is 11.7 Å². The van der Waals surface area contributed by atoms with Gasteiger partial charge in [-0.15, -0.1) is 0 Å². The summed E-state index contributed by atoms with van der Waals surface area (Å²) in [7, 11) is 0. The number of hydrogen-bond donors (Lipinski definition) is 2. The number of hydrogen-bond acceptors (Lipinski definition) is 2. The summed E-state index contributed by atoms with van der Waals surface area (Å²) >= 11 is 0. The number of benzene rings is 1. The molecular formula is C13H15NO2. The zero-order valence-corrected chi connectivity index (χ0v) is 9.07. The first-order valence-corrected chi connectivity index (χ1v) is 5.86. The Morgan fingerprint density at radius 2 is 2.12 bits per heavy atom. The molecule has 2 aliphatic carbocycles. The molecule has 2 aliphatic rings. The minimum atomic E-state index is -0.693. The van der Waals surface area contributed by atoms with Crippen LogP contribution in [-0.4, -0.2) is 17.1 Å². The molecule has 1 unspecified atom stereocenters. The molecule has 1 saturated carbocycles. The van der Waals surface area contributed by atoms with Gasteiger partial charge >= 0.3 is 5.97 Å². The van der Waals surface area contributed by atoms with Gasteiger partial charge in [0.1, 0.15) is 0 Å². The van der Waals surface area contributed by atoms with Gasteiger partial charge in [-0.2, -0.15) is 0 Å². The highest BCUT2D eigenvalue weighted by atomic mass is 16.4. The Morgan fingerprint density at radius 1 is 1.31 bits per heavy atom. The first kappa shape index (κ1) is 9.70. The van der Waals surface area contributed by atoms with Crippen LogP contribution < -0.4 is 5.32 Å². The number of anilines is 1. The summed E-state index contributed by atoms with van der Waals surface area (Å²) in [4.78, 5) is 11.0. The molecule has 0 aromatic heterocycles. The lowest BCUT2D eigenvalue weighted by molar-refractivity contribution is -0.138. The lowest BCUT2D eigenvalue weighted by Gasteiger charge is -2.09. The SMILES string of the molecule is O=C(O)C1CCc2cc(NC3CC3)ccc21. The molecular weight excluding hydrogens is 202 g/mol. The molecule has 0 amide bonds. The van der Waals surface area contributed by atoms with E-state index in [-0.39, 0.29) is 5.92 Å². The van der Waals surface area contributed by atoms with Crippen molar-refractivity contribution in [3.63, 3.8) is 0 Å². The molecule has 0 bridgehead atoms. The van der Waals surface area contributed by atoms with Crippen LogP contribution in [0.15, 0.2) is 18.2 Å². The van der Waals surface area contributed by atoms with Crippen LogP contribution in [0.1, 0.15) is 36.3 Å². The van der Waals surface area contributed by atoms with E-state index in [1.54, 1.807) is 0 Å².